The van der Waals surface area contributed by atoms with Crippen LogP contribution < -0.4 is 9.80 Å². The van der Waals surface area contributed by atoms with Gasteiger partial charge in [-0.1, -0.05) is 164 Å². The van der Waals surface area contributed by atoms with Gasteiger partial charge in [-0.15, -0.1) is 0 Å². The summed E-state index contributed by atoms with van der Waals surface area (Å²) in [6.45, 7) is 4.35. The molecule has 0 aliphatic carbocycles. The molecule has 0 atom stereocenters. The molecule has 4 heteroatoms. The summed E-state index contributed by atoms with van der Waals surface area (Å²) in [4.78, 5) is 4.71. The molecule has 2 heterocycles. The van der Waals surface area contributed by atoms with Crippen LogP contribution in [0.15, 0.2) is 264 Å². The molecule has 14 rings (SSSR count). The maximum Gasteiger partial charge on any atom is 0.147 e. The first-order valence-corrected chi connectivity index (χ1v) is 25.3. The van der Waals surface area contributed by atoms with Crippen LogP contribution in [0.4, 0.5) is 34.1 Å². The molecule has 0 radical (unpaired) electrons. The van der Waals surface area contributed by atoms with Gasteiger partial charge in [-0.25, -0.2) is 0 Å². The van der Waals surface area contributed by atoms with E-state index in [-0.39, 0.29) is 0 Å². The van der Waals surface area contributed by atoms with Crippen LogP contribution in [0, 0.1) is 13.8 Å². The van der Waals surface area contributed by atoms with Crippen LogP contribution >= 0.6 is 0 Å². The van der Waals surface area contributed by atoms with Gasteiger partial charge in [0.25, 0.3) is 0 Å². The Kier molecular flexibility index (Phi) is 10.3. The predicted molar refractivity (Wildman–Crippen MR) is 311 cm³/mol. The fraction of sp³-hybridized carbons (Fsp3) is 0.0286. The summed E-state index contributed by atoms with van der Waals surface area (Å²) in [5.74, 6) is 0. The highest BCUT2D eigenvalue weighted by atomic mass is 16.3. The lowest BCUT2D eigenvalue weighted by molar-refractivity contribution is 0.658. The fourth-order valence-electron chi connectivity index (χ4n) is 11.1. The zero-order valence-electron chi connectivity index (χ0n) is 41.0. The van der Waals surface area contributed by atoms with Crippen molar-refractivity contribution in [3.8, 4) is 33.4 Å². The summed E-state index contributed by atoms with van der Waals surface area (Å²) in [5, 5.41) is 8.73. The Morgan fingerprint density at radius 1 is 0.270 bits per heavy atom. The Balaban J connectivity index is 0.896. The van der Waals surface area contributed by atoms with Gasteiger partial charge in [0.2, 0.25) is 0 Å². The molecular formula is C70H48N2O2. The van der Waals surface area contributed by atoms with Crippen LogP contribution in [-0.4, -0.2) is 0 Å². The predicted octanol–water partition coefficient (Wildman–Crippen LogP) is 20.3. The minimum absolute atomic E-state index is 0.812. The number of fused-ring (bicyclic) bond motifs is 8. The van der Waals surface area contributed by atoms with E-state index in [1.165, 1.54) is 33.4 Å². The van der Waals surface area contributed by atoms with Gasteiger partial charge in [0, 0.05) is 55.7 Å². The third-order valence-corrected chi connectivity index (χ3v) is 14.8. The SMILES string of the molecule is Cc1ccccc1N(c1ccc(-c2ccccc2)cc1)c1ccc2cc3c(cc2c1)oc1c(-c2ccccc2)c2oc4cc5cc(N(c6ccc(-c7ccccc7)cc6)c6ccccc6C)ccc5cc4c2cc13. The van der Waals surface area contributed by atoms with Gasteiger partial charge in [0.1, 0.15) is 22.3 Å². The molecule has 0 saturated carbocycles. The number of nitrogens with zero attached hydrogens (tertiary/aromatic N) is 2. The molecule has 0 spiro atoms. The molecule has 0 bridgehead atoms. The van der Waals surface area contributed by atoms with Crippen molar-refractivity contribution < 1.29 is 8.83 Å². The van der Waals surface area contributed by atoms with Gasteiger partial charge in [-0.2, -0.15) is 0 Å². The highest BCUT2D eigenvalue weighted by Crippen LogP contribution is 2.47. The molecule has 74 heavy (non-hydrogen) atoms. The van der Waals surface area contributed by atoms with Crippen molar-refractivity contribution in [2.45, 2.75) is 13.8 Å². The van der Waals surface area contributed by atoms with Crippen molar-refractivity contribution in [1.82, 2.24) is 0 Å². The van der Waals surface area contributed by atoms with E-state index in [1.54, 1.807) is 0 Å². The topological polar surface area (TPSA) is 32.8 Å². The van der Waals surface area contributed by atoms with E-state index < -0.39 is 0 Å². The van der Waals surface area contributed by atoms with E-state index in [4.69, 9.17) is 8.83 Å². The first-order valence-electron chi connectivity index (χ1n) is 25.3. The zero-order valence-corrected chi connectivity index (χ0v) is 41.0. The maximum absolute atomic E-state index is 7.06. The molecule has 2 aromatic heterocycles. The maximum atomic E-state index is 7.06. The molecule has 0 amide bonds. The quantitative estimate of drug-likeness (QED) is 0.144. The number of benzene rings is 12. The smallest absolute Gasteiger partial charge is 0.147 e. The number of hydrogen-bond donors (Lipinski definition) is 0. The van der Waals surface area contributed by atoms with E-state index in [9.17, 15) is 0 Å². The third-order valence-electron chi connectivity index (χ3n) is 14.8. The van der Waals surface area contributed by atoms with Crippen molar-refractivity contribution in [3.05, 3.63) is 266 Å². The number of anilines is 6. The molecule has 350 valence electrons. The molecule has 0 fully saturated rings. The summed E-state index contributed by atoms with van der Waals surface area (Å²) >= 11 is 0. The van der Waals surface area contributed by atoms with E-state index in [2.05, 4.69) is 278 Å². The van der Waals surface area contributed by atoms with Crippen molar-refractivity contribution in [3.63, 3.8) is 0 Å². The summed E-state index contributed by atoms with van der Waals surface area (Å²) in [7, 11) is 0. The number of hydrogen-bond acceptors (Lipinski definition) is 4. The van der Waals surface area contributed by atoms with Gasteiger partial charge in [-0.05, 0) is 165 Å². The summed E-state index contributed by atoms with van der Waals surface area (Å²) in [6, 6.07) is 91.4. The number of furan rings is 2. The Bertz CT molecular complexity index is 4160. The van der Waals surface area contributed by atoms with E-state index >= 15 is 0 Å². The van der Waals surface area contributed by atoms with Crippen LogP contribution in [0.1, 0.15) is 11.1 Å². The standard InChI is InChI=1S/C70H48N2O2/c1-45-16-12-14-24-64(45)71(56-32-26-49(27-33-56)47-18-6-3-7-19-47)58-36-30-52-40-60-62-44-63-61-41-53-31-37-59(72(65-25-15-13-17-46(65)2)57-34-28-50(29-35-57)48-20-8-4-9-21-48)39-55(53)43-67(61)74-70(63)68(51-22-10-5-11-23-51)69(62)73-66(60)42-54(52)38-58/h3-44H,1-2H3. The van der Waals surface area contributed by atoms with Gasteiger partial charge in [-0.3, -0.25) is 0 Å². The summed E-state index contributed by atoms with van der Waals surface area (Å²) in [5.41, 5.74) is 19.0. The molecule has 14 aromatic rings. The molecular weight excluding hydrogens is 901 g/mol. The normalized spacial score (nSPS) is 11.6. The van der Waals surface area contributed by atoms with Crippen LogP contribution in [-0.2, 0) is 0 Å². The molecule has 0 N–H and O–H groups in total. The largest absolute Gasteiger partial charge is 0.455 e. The third kappa shape index (κ3) is 7.38. The van der Waals surface area contributed by atoms with Crippen LogP contribution in [0.25, 0.3) is 98.8 Å². The van der Waals surface area contributed by atoms with Crippen LogP contribution in [0.2, 0.25) is 0 Å². The molecule has 0 aliphatic heterocycles. The van der Waals surface area contributed by atoms with Crippen LogP contribution in [0.5, 0.6) is 0 Å². The number of rotatable bonds is 9. The molecule has 0 unspecified atom stereocenters. The zero-order chi connectivity index (χ0) is 49.3. The highest BCUT2D eigenvalue weighted by Gasteiger charge is 2.24. The summed E-state index contributed by atoms with van der Waals surface area (Å²) in [6.07, 6.45) is 0. The summed E-state index contributed by atoms with van der Waals surface area (Å²) < 4.78 is 14.1. The van der Waals surface area contributed by atoms with Gasteiger partial charge in [0.15, 0.2) is 0 Å². The lowest BCUT2D eigenvalue weighted by Gasteiger charge is -2.27. The van der Waals surface area contributed by atoms with E-state index in [0.29, 0.717) is 0 Å². The Morgan fingerprint density at radius 2 is 0.635 bits per heavy atom. The van der Waals surface area contributed by atoms with Crippen molar-refractivity contribution in [1.29, 1.82) is 0 Å². The monoisotopic (exact) mass is 948 g/mol. The van der Waals surface area contributed by atoms with Gasteiger partial charge in [0.05, 0.1) is 5.56 Å². The Hall–Kier alpha value is -9.64. The fourth-order valence-corrected chi connectivity index (χ4v) is 11.1. The highest BCUT2D eigenvalue weighted by molar-refractivity contribution is 6.24. The Morgan fingerprint density at radius 3 is 1.05 bits per heavy atom. The second kappa shape index (κ2) is 17.6. The molecule has 12 aromatic carbocycles. The van der Waals surface area contributed by atoms with Crippen molar-refractivity contribution in [2.24, 2.45) is 0 Å². The Labute approximate surface area is 429 Å². The second-order valence-corrected chi connectivity index (χ2v) is 19.4. The lowest BCUT2D eigenvalue weighted by Crippen LogP contribution is -2.11. The number of para-hydroxylation sites is 2. The van der Waals surface area contributed by atoms with Crippen molar-refractivity contribution in [2.75, 3.05) is 9.80 Å². The lowest BCUT2D eigenvalue weighted by atomic mass is 9.97. The molecule has 0 aliphatic rings. The molecule has 0 saturated heterocycles. The van der Waals surface area contributed by atoms with Crippen LogP contribution in [0.3, 0.4) is 0 Å². The van der Waals surface area contributed by atoms with E-state index in [0.717, 1.165) is 111 Å². The number of aryl methyl sites for hydroxylation is 2. The molecule has 4 nitrogen and oxygen atoms in total. The van der Waals surface area contributed by atoms with E-state index in [1.807, 2.05) is 0 Å². The van der Waals surface area contributed by atoms with Gasteiger partial charge < -0.3 is 18.6 Å². The first-order chi connectivity index (χ1) is 36.5. The average Bonchev–Trinajstić information content (AvgIpc) is 3.99. The second-order valence-electron chi connectivity index (χ2n) is 19.4. The van der Waals surface area contributed by atoms with Crippen molar-refractivity contribution >= 4 is 99.5 Å². The van der Waals surface area contributed by atoms with Gasteiger partial charge >= 0.3 is 0 Å². The minimum Gasteiger partial charge on any atom is -0.455 e. The first kappa shape index (κ1) is 43.2. The average molecular weight is 949 g/mol. The minimum atomic E-state index is 0.812.